The zero-order chi connectivity index (χ0) is 61.2. The van der Waals surface area contributed by atoms with Crippen molar-refractivity contribution in [2.75, 3.05) is 10.6 Å². The number of aromatic nitrogens is 4. The zero-order valence-corrected chi connectivity index (χ0v) is 60.4. The Balaban J connectivity index is 0.00000460. The first kappa shape index (κ1) is 81.0. The summed E-state index contributed by atoms with van der Waals surface area (Å²) in [7, 11) is -20.4. The summed E-state index contributed by atoms with van der Waals surface area (Å²) in [5.74, 6) is -3.90. The number of rotatable bonds is 18. The van der Waals surface area contributed by atoms with Crippen molar-refractivity contribution in [2.45, 2.75) is 33.4 Å². The van der Waals surface area contributed by atoms with E-state index >= 15 is 0 Å². The number of carboxylic acids is 2. The zero-order valence-electron chi connectivity index (χ0n) is 47.2. The van der Waals surface area contributed by atoms with Crippen molar-refractivity contribution in [1.82, 2.24) is 19.6 Å². The van der Waals surface area contributed by atoms with Gasteiger partial charge in [-0.15, -0.1) is 20.5 Å². The van der Waals surface area contributed by atoms with Gasteiger partial charge in [0.05, 0.1) is 33.9 Å². The predicted molar refractivity (Wildman–Crippen MR) is 298 cm³/mol. The molecular formula is C51H40Cu2N10Na4O19S4+4. The molecule has 2 radical (unpaired) electrons. The number of nitrogens with zero attached hydrogens (tertiary/aromatic N) is 8. The number of hydrogen-bond donors (Lipinski definition) is 10. The third-order valence-corrected chi connectivity index (χ3v) is 15.5. The Morgan fingerprint density at radius 1 is 0.444 bits per heavy atom. The van der Waals surface area contributed by atoms with Crippen LogP contribution >= 0.6 is 0 Å². The largest absolute Gasteiger partial charge is 1.00 e. The number of benzene rings is 6. The van der Waals surface area contributed by atoms with Crippen LogP contribution in [-0.4, -0.2) is 110 Å². The molecule has 10 N–H and O–H groups in total. The first-order valence-electron chi connectivity index (χ1n) is 23.4. The van der Waals surface area contributed by atoms with Crippen molar-refractivity contribution in [3.05, 3.63) is 166 Å². The smallest absolute Gasteiger partial charge is 0.492 e. The van der Waals surface area contributed by atoms with Crippen LogP contribution in [0.1, 0.15) is 54.4 Å². The normalized spacial score (nSPS) is 11.6. The van der Waals surface area contributed by atoms with Gasteiger partial charge in [0.15, 0.2) is 11.4 Å². The number of carbonyl (C=O) groups is 3. The molecule has 29 nitrogen and oxygen atoms in total. The van der Waals surface area contributed by atoms with Crippen molar-refractivity contribution in [3.63, 3.8) is 0 Å². The number of anilines is 2. The number of aryl methyl sites for hydroxylation is 2. The number of aromatic hydroxyl groups is 2. The third-order valence-electron chi connectivity index (χ3n) is 11.8. The number of amides is 2. The third kappa shape index (κ3) is 19.5. The van der Waals surface area contributed by atoms with E-state index in [1.54, 1.807) is 0 Å². The van der Waals surface area contributed by atoms with Gasteiger partial charge in [0.2, 0.25) is 11.8 Å². The maximum atomic E-state index is 13.2. The molecule has 90 heavy (non-hydrogen) atoms. The van der Waals surface area contributed by atoms with E-state index in [1.807, 2.05) is 0 Å². The molecule has 8 aromatic rings. The van der Waals surface area contributed by atoms with Crippen molar-refractivity contribution in [3.8, 4) is 23.1 Å². The van der Waals surface area contributed by atoms with Crippen molar-refractivity contribution >= 4 is 117 Å². The van der Waals surface area contributed by atoms with E-state index in [0.717, 1.165) is 94.3 Å². The van der Waals surface area contributed by atoms with Gasteiger partial charge in [0.25, 0.3) is 40.5 Å². The number of hydrogen-bond acceptors (Lipinski definition) is 19. The van der Waals surface area contributed by atoms with E-state index in [1.165, 1.54) is 74.5 Å². The van der Waals surface area contributed by atoms with Gasteiger partial charge < -0.3 is 31.1 Å². The molecule has 39 heteroatoms. The van der Waals surface area contributed by atoms with Gasteiger partial charge in [-0.2, -0.15) is 53.2 Å². The average Bonchev–Trinajstić information content (AvgIpc) is 3.70. The van der Waals surface area contributed by atoms with Gasteiger partial charge in [-0.05, 0) is 109 Å². The summed E-state index contributed by atoms with van der Waals surface area (Å²) >= 11 is 0. The van der Waals surface area contributed by atoms with Gasteiger partial charge in [-0.3, -0.25) is 18.2 Å². The van der Waals surface area contributed by atoms with Crippen LogP contribution in [0, 0.1) is 13.8 Å². The summed E-state index contributed by atoms with van der Waals surface area (Å²) in [4.78, 5) is 33.2. The fourth-order valence-corrected chi connectivity index (χ4v) is 10.8. The van der Waals surface area contributed by atoms with Crippen LogP contribution in [0.4, 0.5) is 38.9 Å². The van der Waals surface area contributed by atoms with Crippen molar-refractivity contribution in [2.24, 2.45) is 20.5 Å². The standard InChI is InChI=1S/C51H40N10O19S4.2Cu.4Na/c1-27-45(56-54-39-9-5-3-7-37(39)49(64)65)47(62)60(58-27)35-21-17-31(43(25-35)83(75,76)77)13-11-29-15-19-33(23-41(29)81(69,70)71)52-51(68)53-34-20-16-30(42(24-34)82(72,73)74)12-14-32-18-22-36(26-44(32)84(78,79)80)61-48(63)46(28(2)59-61)57-55-40-10-6-4-8-38(40)50(66)67;;;;;;/h3-26,62-63H,1-2H3,(H,64,65)(H,66,67)(H2,52,53,68)(H,69,70,71)(H,72,73,74)(H,75,76,77)(H,78,79,80);;;;;;/q;;;4*+1/b13-11+,14-12+,56-54?,57-55?;;;;;;. The summed E-state index contributed by atoms with van der Waals surface area (Å²) in [5, 5.41) is 69.5. The molecule has 2 amide bonds. The summed E-state index contributed by atoms with van der Waals surface area (Å²) in [6, 6.07) is 22.8. The quantitative estimate of drug-likeness (QED) is 0.0181. The molecule has 454 valence electrons. The molecule has 0 aliphatic carbocycles. The summed E-state index contributed by atoms with van der Waals surface area (Å²) in [6.07, 6.45) is 4.18. The molecule has 0 aliphatic rings. The Morgan fingerprint density at radius 3 is 1.03 bits per heavy atom. The topological polar surface area (TPSA) is 459 Å². The average molecular weight is 1440 g/mol. The van der Waals surface area contributed by atoms with Crippen molar-refractivity contribution < 1.29 is 239 Å². The van der Waals surface area contributed by atoms with E-state index in [-0.39, 0.29) is 243 Å². The molecule has 6 aromatic carbocycles. The molecule has 0 atom stereocenters. The monoisotopic (exact) mass is 1440 g/mol. The summed E-state index contributed by atoms with van der Waals surface area (Å²) in [6.45, 7) is 2.83. The van der Waals surface area contributed by atoms with Crippen LogP contribution in [0.15, 0.2) is 161 Å². The molecule has 2 heterocycles. The second-order valence-electron chi connectivity index (χ2n) is 17.5. The minimum absolute atomic E-state index is 0. The minimum atomic E-state index is -5.12. The Bertz CT molecular complexity index is 4400. The Morgan fingerprint density at radius 2 is 0.733 bits per heavy atom. The Hall–Kier alpha value is -5.09. The van der Waals surface area contributed by atoms with Crippen LogP contribution in [0.25, 0.3) is 35.7 Å². The SMILES string of the molecule is Cc1nn(-c2ccc(/C=C/c3ccc(NC(=O)Nc4ccc(/C=C/c5ccc(-n6nc(C)c(N=Nc7ccccc7C(=O)O)c6O)cc5S(=O)(=O)O)c(S(=O)(=O)O)c4)cc3S(=O)(=O)O)c(S(=O)(=O)O)c2)c(O)c1N=Nc1ccccc1C(=O)O.[Cu].[Cu].[Na+].[Na+].[Na+].[Na+]. The van der Waals surface area contributed by atoms with E-state index in [2.05, 4.69) is 41.3 Å². The van der Waals surface area contributed by atoms with Gasteiger partial charge in [0, 0.05) is 45.5 Å². The molecule has 0 fully saturated rings. The van der Waals surface area contributed by atoms with E-state index in [4.69, 9.17) is 0 Å². The molecule has 0 saturated carbocycles. The Labute approximate surface area is 621 Å². The van der Waals surface area contributed by atoms with Gasteiger partial charge >= 0.3 is 136 Å². The molecule has 2 aromatic heterocycles. The molecular weight excluding hydrogens is 1400 g/mol. The maximum absolute atomic E-state index is 13.2. The number of azo groups is 2. The van der Waals surface area contributed by atoms with Gasteiger partial charge in [0.1, 0.15) is 31.0 Å². The first-order valence-corrected chi connectivity index (χ1v) is 29.1. The maximum Gasteiger partial charge on any atom is 1.00 e. The van der Waals surface area contributed by atoms with E-state index in [9.17, 15) is 86.7 Å². The molecule has 0 saturated heterocycles. The number of carboxylic acid groups (broad SMARTS) is 2. The van der Waals surface area contributed by atoms with E-state index in [0.29, 0.717) is 0 Å². The fraction of sp³-hybridized carbons (Fsp3) is 0.0392. The molecule has 0 aliphatic heterocycles. The van der Waals surface area contributed by atoms with Crippen LogP contribution < -0.4 is 129 Å². The fourth-order valence-electron chi connectivity index (χ4n) is 7.93. The number of carbonyl (C=O) groups excluding carboxylic acids is 1. The molecule has 8 rings (SSSR count). The molecule has 0 spiro atoms. The van der Waals surface area contributed by atoms with Gasteiger partial charge in [-0.25, -0.2) is 14.4 Å². The first-order chi connectivity index (χ1) is 39.4. The molecule has 0 bridgehead atoms. The second-order valence-corrected chi connectivity index (χ2v) is 23.0. The molecule has 0 unspecified atom stereocenters. The second kappa shape index (κ2) is 33.1. The summed E-state index contributed by atoms with van der Waals surface area (Å²) < 4.78 is 144. The predicted octanol–water partition coefficient (Wildman–Crippen LogP) is -2.70. The number of aromatic carboxylic acids is 2. The van der Waals surface area contributed by atoms with Crippen LogP contribution in [0.5, 0.6) is 11.8 Å². The van der Waals surface area contributed by atoms with E-state index < -0.39 is 89.8 Å². The van der Waals surface area contributed by atoms with Crippen LogP contribution in [0.3, 0.4) is 0 Å². The number of nitrogens with one attached hydrogen (secondary N) is 2. The van der Waals surface area contributed by atoms with Crippen molar-refractivity contribution in [1.29, 1.82) is 0 Å². The number of urea groups is 1. The van der Waals surface area contributed by atoms with Crippen LogP contribution in [0.2, 0.25) is 0 Å². The summed E-state index contributed by atoms with van der Waals surface area (Å²) in [5.41, 5.74) is -2.65. The van der Waals surface area contributed by atoms with Gasteiger partial charge in [-0.1, -0.05) is 72.8 Å². The van der Waals surface area contributed by atoms with Crippen LogP contribution in [-0.2, 0) is 74.6 Å². The Kier molecular flexibility index (Phi) is 29.8. The minimum Gasteiger partial charge on any atom is -0.492 e.